The minimum absolute atomic E-state index is 0.0125. The Kier molecular flexibility index (Phi) is 6.97. The molecule has 3 nitrogen and oxygen atoms in total. The molecule has 2 aliphatic rings. The van der Waals surface area contributed by atoms with Crippen LogP contribution in [-0.4, -0.2) is 48.8 Å². The van der Waals surface area contributed by atoms with Crippen molar-refractivity contribution in [2.75, 3.05) is 26.7 Å². The van der Waals surface area contributed by atoms with Crippen molar-refractivity contribution >= 4 is 0 Å². The van der Waals surface area contributed by atoms with Gasteiger partial charge in [0, 0.05) is 19.1 Å². The molecule has 0 spiro atoms. The van der Waals surface area contributed by atoms with Gasteiger partial charge in [-0.15, -0.1) is 0 Å². The van der Waals surface area contributed by atoms with Gasteiger partial charge in [0.1, 0.15) is 0 Å². The number of nitrogens with zero attached hydrogens (tertiary/aromatic N) is 1. The number of rotatable bonds is 8. The Morgan fingerprint density at radius 3 is 2.43 bits per heavy atom. The van der Waals surface area contributed by atoms with Crippen LogP contribution in [-0.2, 0) is 0 Å². The predicted molar refractivity (Wildman–Crippen MR) is 89.4 cm³/mol. The van der Waals surface area contributed by atoms with Crippen molar-refractivity contribution in [2.24, 2.45) is 17.8 Å². The van der Waals surface area contributed by atoms with Crippen molar-refractivity contribution in [3.63, 3.8) is 0 Å². The summed E-state index contributed by atoms with van der Waals surface area (Å²) in [6, 6.07) is 0.720. The molecule has 124 valence electrons. The van der Waals surface area contributed by atoms with E-state index in [0.717, 1.165) is 43.2 Å². The van der Waals surface area contributed by atoms with Gasteiger partial charge in [0.2, 0.25) is 0 Å². The van der Waals surface area contributed by atoms with E-state index in [1.54, 1.807) is 0 Å². The molecule has 0 aromatic carbocycles. The monoisotopic (exact) mass is 296 g/mol. The van der Waals surface area contributed by atoms with Gasteiger partial charge in [0.25, 0.3) is 0 Å². The van der Waals surface area contributed by atoms with E-state index in [9.17, 15) is 5.11 Å². The molecular weight excluding hydrogens is 260 g/mol. The number of hydrogen-bond acceptors (Lipinski definition) is 3. The molecule has 0 bridgehead atoms. The van der Waals surface area contributed by atoms with Crippen molar-refractivity contribution in [3.8, 4) is 0 Å². The molecular formula is C18H36N2O. The van der Waals surface area contributed by atoms with E-state index in [-0.39, 0.29) is 6.10 Å². The Morgan fingerprint density at radius 1 is 1.05 bits per heavy atom. The Labute approximate surface area is 131 Å². The second-order valence-corrected chi connectivity index (χ2v) is 7.60. The average molecular weight is 296 g/mol. The van der Waals surface area contributed by atoms with Gasteiger partial charge in [0.15, 0.2) is 0 Å². The first-order valence-corrected chi connectivity index (χ1v) is 9.22. The van der Waals surface area contributed by atoms with Crippen LogP contribution in [0.2, 0.25) is 0 Å². The fourth-order valence-electron chi connectivity index (χ4n) is 4.53. The first-order chi connectivity index (χ1) is 10.1. The van der Waals surface area contributed by atoms with Crippen molar-refractivity contribution in [3.05, 3.63) is 0 Å². The van der Waals surface area contributed by atoms with Gasteiger partial charge in [-0.3, -0.25) is 0 Å². The van der Waals surface area contributed by atoms with Crippen molar-refractivity contribution < 1.29 is 5.11 Å². The Bertz CT molecular complexity index is 291. The predicted octanol–water partition coefficient (Wildman–Crippen LogP) is 2.88. The van der Waals surface area contributed by atoms with Crippen LogP contribution in [0.15, 0.2) is 0 Å². The summed E-state index contributed by atoms with van der Waals surface area (Å²) in [6.07, 6.45) is 8.95. The van der Waals surface area contributed by atoms with Crippen LogP contribution < -0.4 is 5.32 Å². The molecule has 3 heteroatoms. The fourth-order valence-corrected chi connectivity index (χ4v) is 4.53. The first kappa shape index (κ1) is 17.2. The zero-order chi connectivity index (χ0) is 15.2. The lowest BCUT2D eigenvalue weighted by molar-refractivity contribution is 0.0234. The summed E-state index contributed by atoms with van der Waals surface area (Å²) in [4.78, 5) is 2.53. The van der Waals surface area contributed by atoms with Gasteiger partial charge in [-0.25, -0.2) is 0 Å². The van der Waals surface area contributed by atoms with E-state index in [1.807, 2.05) is 0 Å². The Hall–Kier alpha value is -0.120. The minimum Gasteiger partial charge on any atom is -0.393 e. The molecule has 0 radical (unpaired) electrons. The smallest absolute Gasteiger partial charge is 0.0546 e. The molecule has 0 saturated heterocycles. The van der Waals surface area contributed by atoms with E-state index in [2.05, 4.69) is 31.1 Å². The number of aliphatic hydroxyl groups is 1. The van der Waals surface area contributed by atoms with Crippen LogP contribution in [0.1, 0.15) is 58.8 Å². The summed E-state index contributed by atoms with van der Waals surface area (Å²) in [5.74, 6) is 2.50. The largest absolute Gasteiger partial charge is 0.393 e. The van der Waals surface area contributed by atoms with Crippen LogP contribution in [0.25, 0.3) is 0 Å². The highest BCUT2D eigenvalue weighted by Crippen LogP contribution is 2.33. The number of aliphatic hydroxyl groups excluding tert-OH is 1. The highest BCUT2D eigenvalue weighted by molar-refractivity contribution is 4.87. The molecule has 2 N–H and O–H groups in total. The van der Waals surface area contributed by atoms with Crippen LogP contribution in [0.4, 0.5) is 0 Å². The maximum atomic E-state index is 9.43. The molecule has 3 unspecified atom stereocenters. The summed E-state index contributed by atoms with van der Waals surface area (Å²) < 4.78 is 0. The van der Waals surface area contributed by atoms with E-state index in [0.29, 0.717) is 0 Å². The lowest BCUT2D eigenvalue weighted by Crippen LogP contribution is -2.46. The number of hydrogen-bond donors (Lipinski definition) is 2. The van der Waals surface area contributed by atoms with E-state index in [1.165, 1.54) is 45.2 Å². The quantitative estimate of drug-likeness (QED) is 0.723. The minimum atomic E-state index is -0.0125. The Balaban J connectivity index is 1.80. The van der Waals surface area contributed by atoms with Gasteiger partial charge >= 0.3 is 0 Å². The van der Waals surface area contributed by atoms with Crippen LogP contribution in [0.3, 0.4) is 0 Å². The number of nitrogens with one attached hydrogen (secondary N) is 1. The molecule has 21 heavy (non-hydrogen) atoms. The van der Waals surface area contributed by atoms with Crippen molar-refractivity contribution in [1.82, 2.24) is 10.2 Å². The van der Waals surface area contributed by atoms with Gasteiger partial charge in [-0.2, -0.15) is 0 Å². The topological polar surface area (TPSA) is 35.5 Å². The second kappa shape index (κ2) is 8.50. The Morgan fingerprint density at radius 2 is 1.81 bits per heavy atom. The second-order valence-electron chi connectivity index (χ2n) is 7.60. The van der Waals surface area contributed by atoms with E-state index >= 15 is 0 Å². The van der Waals surface area contributed by atoms with Crippen molar-refractivity contribution in [1.29, 1.82) is 0 Å². The third-order valence-electron chi connectivity index (χ3n) is 5.58. The summed E-state index contributed by atoms with van der Waals surface area (Å²) in [7, 11) is 2.27. The van der Waals surface area contributed by atoms with Crippen molar-refractivity contribution in [2.45, 2.75) is 70.9 Å². The summed E-state index contributed by atoms with van der Waals surface area (Å²) in [5.41, 5.74) is 0. The van der Waals surface area contributed by atoms with Gasteiger partial charge < -0.3 is 15.3 Å². The molecule has 0 aliphatic heterocycles. The lowest BCUT2D eigenvalue weighted by atomic mass is 9.75. The van der Waals surface area contributed by atoms with E-state index in [4.69, 9.17) is 0 Å². The maximum Gasteiger partial charge on any atom is 0.0546 e. The standard InChI is InChI=1S/C18H36N2O/c1-4-6-14-7-8-18(19-5-2)16(9-14)13-20(3)12-15-10-17(21)11-15/h14-19,21H,4-13H2,1-3H3. The molecule has 3 atom stereocenters. The average Bonchev–Trinajstić information content (AvgIpc) is 2.40. The first-order valence-electron chi connectivity index (χ1n) is 9.22. The molecule has 0 aromatic rings. The van der Waals surface area contributed by atoms with Gasteiger partial charge in [-0.05, 0) is 63.5 Å². The maximum absolute atomic E-state index is 9.43. The zero-order valence-corrected chi connectivity index (χ0v) is 14.4. The SMILES string of the molecule is CCCC1CCC(NCC)C(CN(C)CC2CC(O)C2)C1. The van der Waals surface area contributed by atoms with Crippen LogP contribution >= 0.6 is 0 Å². The highest BCUT2D eigenvalue weighted by Gasteiger charge is 2.32. The summed E-state index contributed by atoms with van der Waals surface area (Å²) >= 11 is 0. The molecule has 0 heterocycles. The third kappa shape index (κ3) is 5.22. The molecule has 2 saturated carbocycles. The summed E-state index contributed by atoms with van der Waals surface area (Å²) in [5, 5.41) is 13.2. The lowest BCUT2D eigenvalue weighted by Gasteiger charge is -2.40. The molecule has 2 aliphatic carbocycles. The molecule has 2 fully saturated rings. The zero-order valence-electron chi connectivity index (χ0n) is 14.4. The highest BCUT2D eigenvalue weighted by atomic mass is 16.3. The van der Waals surface area contributed by atoms with Gasteiger partial charge in [0.05, 0.1) is 6.10 Å². The van der Waals surface area contributed by atoms with E-state index < -0.39 is 0 Å². The molecule has 0 amide bonds. The van der Waals surface area contributed by atoms with Crippen LogP contribution in [0.5, 0.6) is 0 Å². The van der Waals surface area contributed by atoms with Gasteiger partial charge in [-0.1, -0.05) is 26.7 Å². The summed E-state index contributed by atoms with van der Waals surface area (Å²) in [6.45, 7) is 8.04. The molecule has 0 aromatic heterocycles. The van der Waals surface area contributed by atoms with Crippen LogP contribution in [0, 0.1) is 17.8 Å². The third-order valence-corrected chi connectivity index (χ3v) is 5.58. The normalized spacial score (nSPS) is 36.7. The fraction of sp³-hybridized carbons (Fsp3) is 1.00. The molecule has 2 rings (SSSR count).